The average molecular weight is 195 g/mol. The van der Waals surface area contributed by atoms with E-state index in [4.69, 9.17) is 15.2 Å². The lowest BCUT2D eigenvalue weighted by Crippen LogP contribution is -2.30. The van der Waals surface area contributed by atoms with Crippen molar-refractivity contribution in [3.05, 3.63) is 24.3 Å². The van der Waals surface area contributed by atoms with Gasteiger partial charge in [0.1, 0.15) is 17.5 Å². The van der Waals surface area contributed by atoms with Crippen LogP contribution in [-0.2, 0) is 4.79 Å². The molecule has 0 saturated carbocycles. The van der Waals surface area contributed by atoms with Gasteiger partial charge in [-0.3, -0.25) is 0 Å². The Morgan fingerprint density at radius 3 is 2.64 bits per heavy atom. The molecule has 0 aliphatic rings. The molecule has 0 bridgehead atoms. The van der Waals surface area contributed by atoms with Gasteiger partial charge >= 0.3 is 5.97 Å². The fourth-order valence-electron chi connectivity index (χ4n) is 0.874. The Morgan fingerprint density at radius 1 is 1.43 bits per heavy atom. The highest BCUT2D eigenvalue weighted by Gasteiger charge is 2.09. The third kappa shape index (κ3) is 2.74. The molecule has 0 aromatic heterocycles. The monoisotopic (exact) mass is 195 g/mol. The number of rotatable bonds is 3. The van der Waals surface area contributed by atoms with Crippen molar-refractivity contribution in [2.45, 2.75) is 13.0 Å². The Labute approximate surface area is 82.6 Å². The minimum absolute atomic E-state index is 0.437. The van der Waals surface area contributed by atoms with Gasteiger partial charge in [-0.25, -0.2) is 4.79 Å². The molecule has 1 rings (SSSR count). The Hall–Kier alpha value is -1.55. The largest absolute Gasteiger partial charge is 0.497 e. The summed E-state index contributed by atoms with van der Waals surface area (Å²) in [6, 6.07) is 6.18. The van der Waals surface area contributed by atoms with Crippen LogP contribution in [0, 0.1) is 0 Å². The second-order valence-electron chi connectivity index (χ2n) is 2.89. The zero-order valence-electron chi connectivity index (χ0n) is 8.19. The van der Waals surface area contributed by atoms with E-state index >= 15 is 0 Å². The molecule has 1 aromatic rings. The van der Waals surface area contributed by atoms with Crippen molar-refractivity contribution in [3.8, 4) is 11.5 Å². The van der Waals surface area contributed by atoms with E-state index in [-0.39, 0.29) is 0 Å². The number of benzene rings is 1. The smallest absolute Gasteiger partial charge is 0.328 e. The lowest BCUT2D eigenvalue weighted by molar-refractivity contribution is -0.135. The molecular weight excluding hydrogens is 182 g/mol. The number of carbonyl (C=O) groups excluding carboxylic acids is 1. The van der Waals surface area contributed by atoms with Gasteiger partial charge in [0.2, 0.25) is 0 Å². The van der Waals surface area contributed by atoms with Crippen molar-refractivity contribution < 1.29 is 14.3 Å². The van der Waals surface area contributed by atoms with Crippen LogP contribution in [0.5, 0.6) is 11.5 Å². The summed E-state index contributed by atoms with van der Waals surface area (Å²) in [5, 5.41) is 0. The fraction of sp³-hybridized carbons (Fsp3) is 0.300. The van der Waals surface area contributed by atoms with E-state index in [1.165, 1.54) is 0 Å². The topological polar surface area (TPSA) is 61.5 Å². The number of methoxy groups -OCH3 is 1. The minimum Gasteiger partial charge on any atom is -0.497 e. The lowest BCUT2D eigenvalue weighted by Gasteiger charge is -2.07. The van der Waals surface area contributed by atoms with E-state index in [1.54, 1.807) is 38.3 Å². The molecule has 2 N–H and O–H groups in total. The summed E-state index contributed by atoms with van der Waals surface area (Å²) in [4.78, 5) is 11.1. The Bertz CT molecular complexity index is 323. The lowest BCUT2D eigenvalue weighted by atomic mass is 10.3. The normalized spacial score (nSPS) is 11.9. The summed E-state index contributed by atoms with van der Waals surface area (Å²) < 4.78 is 9.95. The van der Waals surface area contributed by atoms with Crippen LogP contribution < -0.4 is 15.2 Å². The highest BCUT2D eigenvalue weighted by molar-refractivity contribution is 5.77. The van der Waals surface area contributed by atoms with Crippen LogP contribution in [-0.4, -0.2) is 19.1 Å². The number of hydrogen-bond acceptors (Lipinski definition) is 4. The maximum Gasteiger partial charge on any atom is 0.328 e. The van der Waals surface area contributed by atoms with E-state index in [0.717, 1.165) is 0 Å². The van der Waals surface area contributed by atoms with Crippen molar-refractivity contribution >= 4 is 5.97 Å². The van der Waals surface area contributed by atoms with Gasteiger partial charge < -0.3 is 15.2 Å². The molecule has 0 aliphatic carbocycles. The first-order valence-corrected chi connectivity index (χ1v) is 4.25. The van der Waals surface area contributed by atoms with Gasteiger partial charge in [0.15, 0.2) is 0 Å². The van der Waals surface area contributed by atoms with Gasteiger partial charge in [0, 0.05) is 6.07 Å². The third-order valence-electron chi connectivity index (χ3n) is 1.63. The second kappa shape index (κ2) is 4.62. The van der Waals surface area contributed by atoms with Crippen LogP contribution in [0.4, 0.5) is 0 Å². The third-order valence-corrected chi connectivity index (χ3v) is 1.63. The molecule has 14 heavy (non-hydrogen) atoms. The van der Waals surface area contributed by atoms with Gasteiger partial charge in [-0.1, -0.05) is 6.07 Å². The summed E-state index contributed by atoms with van der Waals surface area (Å²) in [6.07, 6.45) is 0. The van der Waals surface area contributed by atoms with E-state index in [2.05, 4.69) is 0 Å². The van der Waals surface area contributed by atoms with E-state index in [0.29, 0.717) is 11.5 Å². The molecule has 1 atom stereocenters. The van der Waals surface area contributed by atoms with Crippen molar-refractivity contribution in [2.75, 3.05) is 7.11 Å². The quantitative estimate of drug-likeness (QED) is 0.576. The molecule has 0 aliphatic heterocycles. The van der Waals surface area contributed by atoms with Crippen LogP contribution in [0.1, 0.15) is 6.92 Å². The predicted molar refractivity (Wildman–Crippen MR) is 52.3 cm³/mol. The van der Waals surface area contributed by atoms with E-state index in [1.807, 2.05) is 0 Å². The molecule has 0 heterocycles. The number of carbonyl (C=O) groups is 1. The molecular formula is C10H13NO3. The Morgan fingerprint density at radius 2 is 2.07 bits per heavy atom. The highest BCUT2D eigenvalue weighted by Crippen LogP contribution is 2.18. The molecule has 0 radical (unpaired) electrons. The van der Waals surface area contributed by atoms with Gasteiger partial charge in [0.05, 0.1) is 7.11 Å². The molecule has 0 spiro atoms. The summed E-state index contributed by atoms with van der Waals surface area (Å²) >= 11 is 0. The summed E-state index contributed by atoms with van der Waals surface area (Å²) in [7, 11) is 1.55. The Balaban J connectivity index is 2.72. The number of ether oxygens (including phenoxy) is 2. The van der Waals surface area contributed by atoms with Gasteiger partial charge in [-0.05, 0) is 19.1 Å². The van der Waals surface area contributed by atoms with Crippen LogP contribution >= 0.6 is 0 Å². The van der Waals surface area contributed by atoms with Crippen molar-refractivity contribution in [1.82, 2.24) is 0 Å². The first kappa shape index (κ1) is 10.5. The number of esters is 1. The van der Waals surface area contributed by atoms with E-state index < -0.39 is 12.0 Å². The summed E-state index contributed by atoms with van der Waals surface area (Å²) in [6.45, 7) is 1.57. The first-order chi connectivity index (χ1) is 6.63. The highest BCUT2D eigenvalue weighted by atomic mass is 16.5. The number of nitrogens with two attached hydrogens (primary N) is 1. The van der Waals surface area contributed by atoms with Crippen LogP contribution in [0.2, 0.25) is 0 Å². The molecule has 0 unspecified atom stereocenters. The molecule has 0 amide bonds. The second-order valence-corrected chi connectivity index (χ2v) is 2.89. The van der Waals surface area contributed by atoms with Crippen molar-refractivity contribution in [3.63, 3.8) is 0 Å². The van der Waals surface area contributed by atoms with Crippen molar-refractivity contribution in [1.29, 1.82) is 0 Å². The summed E-state index contributed by atoms with van der Waals surface area (Å²) in [5.74, 6) is 0.616. The first-order valence-electron chi connectivity index (χ1n) is 4.25. The van der Waals surface area contributed by atoms with Crippen LogP contribution in [0.3, 0.4) is 0 Å². The molecule has 0 fully saturated rings. The SMILES string of the molecule is COc1cccc(OC(=O)[C@H](C)N)c1. The van der Waals surface area contributed by atoms with Gasteiger partial charge in [-0.2, -0.15) is 0 Å². The molecule has 4 heteroatoms. The average Bonchev–Trinajstić information content (AvgIpc) is 2.18. The minimum atomic E-state index is -0.624. The molecule has 76 valence electrons. The van der Waals surface area contributed by atoms with Crippen LogP contribution in [0.15, 0.2) is 24.3 Å². The van der Waals surface area contributed by atoms with Gasteiger partial charge in [0.25, 0.3) is 0 Å². The van der Waals surface area contributed by atoms with E-state index in [9.17, 15) is 4.79 Å². The summed E-state index contributed by atoms with van der Waals surface area (Å²) in [5.41, 5.74) is 5.35. The molecule has 1 aromatic carbocycles. The van der Waals surface area contributed by atoms with Crippen LogP contribution in [0.25, 0.3) is 0 Å². The molecule has 0 saturated heterocycles. The zero-order chi connectivity index (χ0) is 10.6. The van der Waals surface area contributed by atoms with Crippen molar-refractivity contribution in [2.24, 2.45) is 5.73 Å². The number of hydrogen-bond donors (Lipinski definition) is 1. The maximum atomic E-state index is 11.1. The van der Waals surface area contributed by atoms with Gasteiger partial charge in [-0.15, -0.1) is 0 Å². The standard InChI is InChI=1S/C10H13NO3/c1-7(11)10(12)14-9-5-3-4-8(6-9)13-2/h3-7H,11H2,1-2H3/t7-/m0/s1. The predicted octanol–water partition coefficient (Wildman–Crippen LogP) is 0.948. The fourth-order valence-corrected chi connectivity index (χ4v) is 0.874. The zero-order valence-corrected chi connectivity index (χ0v) is 8.19. The molecule has 4 nitrogen and oxygen atoms in total. The maximum absolute atomic E-state index is 11.1. The Kier molecular flexibility index (Phi) is 3.48.